The summed E-state index contributed by atoms with van der Waals surface area (Å²) in [6.07, 6.45) is 1.07. The smallest absolute Gasteiger partial charge is 0.195 e. The van der Waals surface area contributed by atoms with Crippen molar-refractivity contribution in [2.75, 3.05) is 65.9 Å². The van der Waals surface area contributed by atoms with Gasteiger partial charge in [-0.05, 0) is 30.7 Å². The summed E-state index contributed by atoms with van der Waals surface area (Å²) in [5.74, 6) is 2.15. The molecule has 0 radical (unpaired) electrons. The number of ether oxygens (including phenoxy) is 2. The minimum Gasteiger partial charge on any atom is -0.493 e. The van der Waals surface area contributed by atoms with Gasteiger partial charge in [-0.3, -0.25) is 9.89 Å². The number of hydrogen-bond donors (Lipinski definition) is 2. The van der Waals surface area contributed by atoms with E-state index in [0.29, 0.717) is 11.5 Å². The van der Waals surface area contributed by atoms with E-state index in [-0.39, 0.29) is 0 Å². The molecule has 2 aromatic rings. The van der Waals surface area contributed by atoms with Crippen molar-refractivity contribution >= 4 is 11.6 Å². The van der Waals surface area contributed by atoms with Crippen molar-refractivity contribution < 1.29 is 9.47 Å². The minimum absolute atomic E-state index is 0.689. The molecule has 2 aromatic carbocycles. The summed E-state index contributed by atoms with van der Waals surface area (Å²) < 4.78 is 10.7. The number of methoxy groups -OCH3 is 2. The van der Waals surface area contributed by atoms with Crippen molar-refractivity contribution in [3.8, 4) is 11.5 Å². The highest BCUT2D eigenvalue weighted by molar-refractivity contribution is 5.93. The Labute approximate surface area is 186 Å². The number of rotatable bonds is 9. The van der Waals surface area contributed by atoms with Gasteiger partial charge < -0.3 is 25.0 Å². The van der Waals surface area contributed by atoms with Gasteiger partial charge in [-0.15, -0.1) is 0 Å². The molecular weight excluding hydrogens is 390 g/mol. The van der Waals surface area contributed by atoms with Crippen LogP contribution >= 0.6 is 0 Å². The second kappa shape index (κ2) is 12.2. The number of benzene rings is 2. The highest BCUT2D eigenvalue weighted by Gasteiger charge is 2.16. The van der Waals surface area contributed by atoms with Crippen molar-refractivity contribution in [2.45, 2.75) is 13.0 Å². The molecule has 0 unspecified atom stereocenters. The summed E-state index contributed by atoms with van der Waals surface area (Å²) in [6.45, 7) is 7.54. The van der Waals surface area contributed by atoms with E-state index in [1.807, 2.05) is 18.2 Å². The predicted molar refractivity (Wildman–Crippen MR) is 127 cm³/mol. The third-order valence-electron chi connectivity index (χ3n) is 5.53. The van der Waals surface area contributed by atoms with E-state index in [0.717, 1.165) is 63.9 Å². The molecule has 1 fully saturated rings. The molecule has 1 saturated heterocycles. The normalized spacial score (nSPS) is 15.5. The number of nitrogens with zero attached hydrogens (tertiary/aromatic N) is 3. The number of anilines is 1. The van der Waals surface area contributed by atoms with E-state index in [1.165, 1.54) is 5.56 Å². The quantitative estimate of drug-likeness (QED) is 0.366. The highest BCUT2D eigenvalue weighted by Crippen LogP contribution is 2.29. The molecule has 7 heteroatoms. The van der Waals surface area contributed by atoms with E-state index >= 15 is 0 Å². The summed E-state index contributed by atoms with van der Waals surface area (Å²) in [4.78, 5) is 9.41. The lowest BCUT2D eigenvalue weighted by Gasteiger charge is -2.34. The van der Waals surface area contributed by atoms with Gasteiger partial charge in [0.1, 0.15) is 0 Å². The zero-order valence-corrected chi connectivity index (χ0v) is 18.9. The Morgan fingerprint density at radius 1 is 0.935 bits per heavy atom. The molecule has 0 aromatic heterocycles. The predicted octanol–water partition coefficient (Wildman–Crippen LogP) is 2.90. The summed E-state index contributed by atoms with van der Waals surface area (Å²) in [5, 5.41) is 6.70. The number of hydrogen-bond acceptors (Lipinski definition) is 5. The first-order valence-corrected chi connectivity index (χ1v) is 10.9. The van der Waals surface area contributed by atoms with E-state index in [2.05, 4.69) is 55.8 Å². The molecule has 0 saturated carbocycles. The Morgan fingerprint density at radius 2 is 1.65 bits per heavy atom. The molecule has 0 bridgehead atoms. The van der Waals surface area contributed by atoms with Crippen LogP contribution in [0.25, 0.3) is 0 Å². The minimum atomic E-state index is 0.689. The van der Waals surface area contributed by atoms with Gasteiger partial charge in [-0.1, -0.05) is 30.3 Å². The van der Waals surface area contributed by atoms with Gasteiger partial charge >= 0.3 is 0 Å². The van der Waals surface area contributed by atoms with Gasteiger partial charge in [-0.25, -0.2) is 0 Å². The van der Waals surface area contributed by atoms with Gasteiger partial charge in [0.15, 0.2) is 17.5 Å². The first-order valence-electron chi connectivity index (χ1n) is 10.9. The maximum absolute atomic E-state index is 5.36. The summed E-state index contributed by atoms with van der Waals surface area (Å²) in [6, 6.07) is 16.5. The largest absolute Gasteiger partial charge is 0.493 e. The first kappa shape index (κ1) is 22.9. The van der Waals surface area contributed by atoms with Crippen LogP contribution in [-0.4, -0.2) is 76.3 Å². The fraction of sp³-hybridized carbons (Fsp3) is 0.458. The molecule has 0 aliphatic carbocycles. The van der Waals surface area contributed by atoms with E-state index in [1.54, 1.807) is 21.3 Å². The van der Waals surface area contributed by atoms with Crippen LogP contribution in [0.4, 0.5) is 5.69 Å². The average Bonchev–Trinajstić information content (AvgIpc) is 2.82. The zero-order valence-electron chi connectivity index (χ0n) is 18.9. The van der Waals surface area contributed by atoms with Gasteiger partial charge in [0.05, 0.1) is 14.2 Å². The Balaban J connectivity index is 1.34. The molecule has 31 heavy (non-hydrogen) atoms. The Hall–Kier alpha value is -2.77. The highest BCUT2D eigenvalue weighted by atomic mass is 16.5. The maximum Gasteiger partial charge on any atom is 0.195 e. The van der Waals surface area contributed by atoms with Crippen LogP contribution in [0.2, 0.25) is 0 Å². The monoisotopic (exact) mass is 425 g/mol. The molecule has 1 aliphatic rings. The van der Waals surface area contributed by atoms with Crippen molar-refractivity contribution in [2.24, 2.45) is 4.99 Å². The van der Waals surface area contributed by atoms with Gasteiger partial charge in [0, 0.05) is 58.1 Å². The summed E-state index contributed by atoms with van der Waals surface area (Å²) in [7, 11) is 5.05. The van der Waals surface area contributed by atoms with Crippen LogP contribution in [0.5, 0.6) is 11.5 Å². The summed E-state index contributed by atoms with van der Waals surface area (Å²) >= 11 is 0. The molecule has 2 N–H and O–H groups in total. The molecule has 1 aliphatic heterocycles. The molecular formula is C24H35N5O2. The van der Waals surface area contributed by atoms with Crippen LogP contribution in [0.1, 0.15) is 12.0 Å². The topological polar surface area (TPSA) is 61.4 Å². The SMILES string of the molecule is CN=C(NCCCN1CCN(Cc2ccccc2)CC1)Nc1ccc(OC)c(OC)c1. The van der Waals surface area contributed by atoms with Crippen LogP contribution in [-0.2, 0) is 6.54 Å². The van der Waals surface area contributed by atoms with Crippen LogP contribution in [0.15, 0.2) is 53.5 Å². The van der Waals surface area contributed by atoms with E-state index in [9.17, 15) is 0 Å². The number of aliphatic imine (C=N–C) groups is 1. The number of guanidine groups is 1. The van der Waals surface area contributed by atoms with E-state index < -0.39 is 0 Å². The van der Waals surface area contributed by atoms with Crippen LogP contribution < -0.4 is 20.1 Å². The van der Waals surface area contributed by atoms with Gasteiger partial charge in [0.2, 0.25) is 0 Å². The third-order valence-corrected chi connectivity index (χ3v) is 5.53. The Bertz CT molecular complexity index is 820. The zero-order chi connectivity index (χ0) is 21.9. The molecule has 3 rings (SSSR count). The number of piperazine rings is 1. The fourth-order valence-electron chi connectivity index (χ4n) is 3.75. The fourth-order valence-corrected chi connectivity index (χ4v) is 3.75. The van der Waals surface area contributed by atoms with Crippen molar-refractivity contribution in [1.82, 2.24) is 15.1 Å². The first-order chi connectivity index (χ1) is 15.2. The van der Waals surface area contributed by atoms with E-state index in [4.69, 9.17) is 9.47 Å². The third kappa shape index (κ3) is 7.15. The van der Waals surface area contributed by atoms with Gasteiger partial charge in [0.25, 0.3) is 0 Å². The molecule has 7 nitrogen and oxygen atoms in total. The van der Waals surface area contributed by atoms with Crippen LogP contribution in [0.3, 0.4) is 0 Å². The summed E-state index contributed by atoms with van der Waals surface area (Å²) in [5.41, 5.74) is 2.30. The van der Waals surface area contributed by atoms with Crippen molar-refractivity contribution in [3.63, 3.8) is 0 Å². The average molecular weight is 426 g/mol. The maximum atomic E-state index is 5.36. The molecule has 0 amide bonds. The van der Waals surface area contributed by atoms with Crippen molar-refractivity contribution in [1.29, 1.82) is 0 Å². The molecule has 168 valence electrons. The second-order valence-electron chi connectivity index (χ2n) is 7.65. The lowest BCUT2D eigenvalue weighted by Crippen LogP contribution is -2.46. The Morgan fingerprint density at radius 3 is 2.32 bits per heavy atom. The van der Waals surface area contributed by atoms with Gasteiger partial charge in [-0.2, -0.15) is 0 Å². The second-order valence-corrected chi connectivity index (χ2v) is 7.65. The lowest BCUT2D eigenvalue weighted by atomic mass is 10.2. The standard InChI is InChI=1S/C24H35N5O2/c1-25-24(27-21-10-11-22(30-2)23(18-21)31-3)26-12-7-13-28-14-16-29(17-15-28)19-20-8-5-4-6-9-20/h4-6,8-11,18H,7,12-17,19H2,1-3H3,(H2,25,26,27). The van der Waals surface area contributed by atoms with Crippen LogP contribution in [0, 0.1) is 0 Å². The molecule has 0 spiro atoms. The number of nitrogens with one attached hydrogen (secondary N) is 2. The Kier molecular flexibility index (Phi) is 8.99. The molecule has 1 heterocycles. The molecule has 0 atom stereocenters. The van der Waals surface area contributed by atoms with Crippen molar-refractivity contribution in [3.05, 3.63) is 54.1 Å². The lowest BCUT2D eigenvalue weighted by molar-refractivity contribution is 0.126.